The smallest absolute Gasteiger partial charge is 0.503 e. The van der Waals surface area contributed by atoms with Crippen LogP contribution in [0.2, 0.25) is 0 Å². The number of para-hydroxylation sites is 1. The second-order valence-electron chi connectivity index (χ2n) is 18.5. The summed E-state index contributed by atoms with van der Waals surface area (Å²) in [6.45, 7) is 11.3. The van der Waals surface area contributed by atoms with Crippen molar-refractivity contribution in [1.82, 2.24) is 14.5 Å². The maximum Gasteiger partial charge on any atom is 2.00 e. The Bertz CT molecular complexity index is 3350. The Morgan fingerprint density at radius 1 is 0.710 bits per heavy atom. The predicted octanol–water partition coefficient (Wildman–Crippen LogP) is 15.3. The molecule has 0 spiro atoms. The first-order valence-electron chi connectivity index (χ1n) is 21.9. The Morgan fingerprint density at radius 3 is 2.29 bits per heavy atom. The fourth-order valence-electron chi connectivity index (χ4n) is 9.17. The van der Waals surface area contributed by atoms with Crippen molar-refractivity contribution in [3.05, 3.63) is 163 Å². The molecule has 308 valence electrons. The molecule has 4 aromatic heterocycles. The minimum absolute atomic E-state index is 0. The second kappa shape index (κ2) is 15.4. The summed E-state index contributed by atoms with van der Waals surface area (Å²) in [7, 11) is 0. The van der Waals surface area contributed by atoms with Gasteiger partial charge in [0.25, 0.3) is 0 Å². The van der Waals surface area contributed by atoms with Gasteiger partial charge in [0.1, 0.15) is 11.4 Å². The molecule has 1 saturated carbocycles. The number of fused-ring (bicyclic) bond motifs is 7. The summed E-state index contributed by atoms with van der Waals surface area (Å²) in [4.78, 5) is 9.57. The minimum Gasteiger partial charge on any atom is -0.503 e. The standard InChI is InChI=1S/C56H47N3O2.Pt/c1-55(2,3)41-23-27-58-53(31-41)59-50-12-7-6-10-44(50)45-20-19-42(34-51(45)59)60-43-32-47-46-29-39-18-17-38(36-15-13-35(14-16-36)37-21-24-56(4,5)25-22-37)28-40(39)30-52(46)61-54(47)48(33-43)49-11-8-9-26-57-49;/h6-20,23,26-32,37H,21-22,24-25H2,1-5H3;/q-2;+2/i37D;. The van der Waals surface area contributed by atoms with Gasteiger partial charge in [0.15, 0.2) is 0 Å². The van der Waals surface area contributed by atoms with Crippen LogP contribution in [0.1, 0.15) is 78.7 Å². The molecule has 0 unspecified atom stereocenters. The average Bonchev–Trinajstić information content (AvgIpc) is 3.81. The first kappa shape index (κ1) is 38.9. The summed E-state index contributed by atoms with van der Waals surface area (Å²) in [6, 6.07) is 51.4. The number of pyridine rings is 2. The maximum atomic E-state index is 9.26. The third kappa shape index (κ3) is 7.20. The van der Waals surface area contributed by atoms with Crippen molar-refractivity contribution < 1.29 is 31.6 Å². The van der Waals surface area contributed by atoms with Gasteiger partial charge in [-0.15, -0.1) is 17.5 Å². The van der Waals surface area contributed by atoms with Gasteiger partial charge in [0.05, 0.1) is 5.58 Å². The molecule has 1 fully saturated rings. The van der Waals surface area contributed by atoms with Gasteiger partial charge in [0, 0.05) is 36.2 Å². The number of aromatic nitrogens is 3. The number of rotatable bonds is 6. The third-order valence-electron chi connectivity index (χ3n) is 12.8. The van der Waals surface area contributed by atoms with E-state index in [0.29, 0.717) is 22.5 Å². The monoisotopic (exact) mass is 989 g/mol. The number of benzene rings is 6. The number of hydrogen-bond acceptors (Lipinski definition) is 4. The Kier molecular flexibility index (Phi) is 9.65. The van der Waals surface area contributed by atoms with Crippen molar-refractivity contribution in [2.75, 3.05) is 0 Å². The second-order valence-corrected chi connectivity index (χ2v) is 18.5. The minimum atomic E-state index is -0.509. The third-order valence-corrected chi connectivity index (χ3v) is 12.8. The zero-order valence-electron chi connectivity index (χ0n) is 36.6. The number of hydrogen-bond donors (Lipinski definition) is 0. The topological polar surface area (TPSA) is 53.1 Å². The fourth-order valence-corrected chi connectivity index (χ4v) is 9.17. The SMILES string of the molecule is [2H]C1(c2ccc(-c3ccc4cc5c(cc4c3)oc3c(-c4ccccn4)[c-]c(Oc4[c-]c6c(cc4)c4ccccc4n6-c4cc(C(C)(C)C)ccn4)cc35)cc2)CCC(C)(C)CC1.[Pt+2]. The molecule has 0 aliphatic heterocycles. The van der Waals surface area contributed by atoms with Crippen LogP contribution in [0.15, 0.2) is 144 Å². The van der Waals surface area contributed by atoms with Crippen molar-refractivity contribution >= 4 is 54.5 Å². The quantitative estimate of drug-likeness (QED) is 0.156. The van der Waals surface area contributed by atoms with E-state index in [2.05, 4.69) is 148 Å². The average molecular weight is 990 g/mol. The van der Waals surface area contributed by atoms with Crippen LogP contribution in [-0.4, -0.2) is 14.5 Å². The molecule has 6 aromatic carbocycles. The molecular formula is C56H47N3O2Pt. The van der Waals surface area contributed by atoms with Gasteiger partial charge in [-0.2, -0.15) is 6.07 Å². The molecule has 0 amide bonds. The van der Waals surface area contributed by atoms with Crippen LogP contribution in [0.4, 0.5) is 0 Å². The predicted molar refractivity (Wildman–Crippen MR) is 250 cm³/mol. The number of ether oxygens (including phenoxy) is 1. The van der Waals surface area contributed by atoms with Gasteiger partial charge in [-0.05, 0) is 129 Å². The molecule has 1 aliphatic carbocycles. The van der Waals surface area contributed by atoms with Crippen molar-refractivity contribution in [3.63, 3.8) is 0 Å². The molecule has 0 saturated heterocycles. The van der Waals surface area contributed by atoms with E-state index in [1.54, 1.807) is 6.20 Å². The molecule has 1 aliphatic rings. The molecule has 62 heavy (non-hydrogen) atoms. The van der Waals surface area contributed by atoms with Crippen LogP contribution in [0.25, 0.3) is 82.7 Å². The Morgan fingerprint density at radius 2 is 1.50 bits per heavy atom. The zero-order chi connectivity index (χ0) is 42.4. The summed E-state index contributed by atoms with van der Waals surface area (Å²) < 4.78 is 24.9. The summed E-state index contributed by atoms with van der Waals surface area (Å²) in [5, 5.41) is 6.31. The van der Waals surface area contributed by atoms with Gasteiger partial charge in [-0.3, -0.25) is 0 Å². The molecule has 4 heterocycles. The summed E-state index contributed by atoms with van der Waals surface area (Å²) in [5.74, 6) is 1.43. The van der Waals surface area contributed by atoms with Crippen molar-refractivity contribution in [3.8, 4) is 39.7 Å². The van der Waals surface area contributed by atoms with E-state index in [9.17, 15) is 1.37 Å². The van der Waals surface area contributed by atoms with E-state index in [1.165, 1.54) is 5.56 Å². The largest absolute Gasteiger partial charge is 2.00 e. The number of nitrogens with zero attached hydrogens (tertiary/aromatic N) is 3. The summed E-state index contributed by atoms with van der Waals surface area (Å²) >= 11 is 0. The van der Waals surface area contributed by atoms with E-state index in [4.69, 9.17) is 19.1 Å². The van der Waals surface area contributed by atoms with Crippen molar-refractivity contribution in [1.29, 1.82) is 0 Å². The van der Waals surface area contributed by atoms with Crippen LogP contribution in [0.3, 0.4) is 0 Å². The Balaban J connectivity index is 0.00000471. The first-order valence-corrected chi connectivity index (χ1v) is 21.4. The van der Waals surface area contributed by atoms with E-state index < -0.39 is 5.89 Å². The fraction of sp³-hybridized carbons (Fsp3) is 0.214. The zero-order valence-corrected chi connectivity index (χ0v) is 37.9. The Hall–Kier alpha value is -6.03. The van der Waals surface area contributed by atoms with Crippen molar-refractivity contribution in [2.24, 2.45) is 5.41 Å². The van der Waals surface area contributed by atoms with Gasteiger partial charge >= 0.3 is 21.1 Å². The van der Waals surface area contributed by atoms with Crippen LogP contribution < -0.4 is 4.74 Å². The maximum absolute atomic E-state index is 9.26. The summed E-state index contributed by atoms with van der Waals surface area (Å²) in [5.41, 5.74) is 9.78. The van der Waals surface area contributed by atoms with Gasteiger partial charge in [-0.1, -0.05) is 130 Å². The summed E-state index contributed by atoms with van der Waals surface area (Å²) in [6.07, 6.45) is 7.66. The van der Waals surface area contributed by atoms with Crippen LogP contribution in [-0.2, 0) is 26.5 Å². The van der Waals surface area contributed by atoms with Crippen LogP contribution in [0.5, 0.6) is 11.5 Å². The molecule has 10 aromatic rings. The molecule has 0 bridgehead atoms. The van der Waals surface area contributed by atoms with Crippen LogP contribution >= 0.6 is 0 Å². The molecule has 0 atom stereocenters. The van der Waals surface area contributed by atoms with Gasteiger partial charge in [-0.25, -0.2) is 4.98 Å². The first-order chi connectivity index (χ1) is 29.9. The van der Waals surface area contributed by atoms with E-state index >= 15 is 0 Å². The van der Waals surface area contributed by atoms with Crippen LogP contribution in [0, 0.1) is 17.5 Å². The molecule has 6 heteroatoms. The van der Waals surface area contributed by atoms with Crippen molar-refractivity contribution in [2.45, 2.75) is 71.6 Å². The molecule has 0 N–H and O–H groups in total. The molecular weight excluding hydrogens is 942 g/mol. The molecule has 0 radical (unpaired) electrons. The van der Waals surface area contributed by atoms with Gasteiger partial charge in [0.2, 0.25) is 0 Å². The van der Waals surface area contributed by atoms with Gasteiger partial charge < -0.3 is 18.7 Å². The normalized spacial score (nSPS) is 15.3. The van der Waals surface area contributed by atoms with E-state index in [1.807, 2.05) is 36.5 Å². The van der Waals surface area contributed by atoms with E-state index in [-0.39, 0.29) is 26.5 Å². The number of furan rings is 1. The molecule has 11 rings (SSSR count). The van der Waals surface area contributed by atoms with E-state index in [0.717, 1.165) is 108 Å². The Labute approximate surface area is 378 Å². The molecule has 5 nitrogen and oxygen atoms in total.